The summed E-state index contributed by atoms with van der Waals surface area (Å²) < 4.78 is 2.51. The zero-order chi connectivity index (χ0) is 30.9. The highest BCUT2D eigenvalue weighted by atomic mass is 32.1. The smallest absolute Gasteiger partial charge is 0.164 e. The third-order valence-corrected chi connectivity index (χ3v) is 10.5. The predicted molar refractivity (Wildman–Crippen MR) is 199 cm³/mol. The van der Waals surface area contributed by atoms with E-state index < -0.39 is 0 Å². The molecule has 218 valence electrons. The molecule has 3 nitrogen and oxygen atoms in total. The van der Waals surface area contributed by atoms with E-state index in [1.54, 1.807) is 0 Å². The van der Waals surface area contributed by atoms with Crippen LogP contribution in [0.15, 0.2) is 152 Å². The molecule has 0 amide bonds. The maximum absolute atomic E-state index is 5.22. The fourth-order valence-corrected chi connectivity index (χ4v) is 8.34. The molecule has 0 radical (unpaired) electrons. The summed E-state index contributed by atoms with van der Waals surface area (Å²) in [6, 6.07) is 53.8. The van der Waals surface area contributed by atoms with Gasteiger partial charge in [-0.05, 0) is 49.8 Å². The van der Waals surface area contributed by atoms with Crippen LogP contribution in [-0.4, -0.2) is 15.0 Å². The second-order valence-corrected chi connectivity index (χ2v) is 13.1. The van der Waals surface area contributed by atoms with Crippen molar-refractivity contribution < 1.29 is 0 Å². The minimum absolute atomic E-state index is 0.664. The first kappa shape index (κ1) is 26.3. The maximum atomic E-state index is 5.22. The second-order valence-electron chi connectivity index (χ2n) is 12.0. The number of thiophene rings is 1. The molecule has 0 bridgehead atoms. The van der Waals surface area contributed by atoms with E-state index in [0.29, 0.717) is 17.5 Å². The van der Waals surface area contributed by atoms with Crippen LogP contribution in [0.25, 0.3) is 97.4 Å². The average molecular weight is 616 g/mol. The standard InChI is InChI=1S/C43H25N3S/c1-2-11-30(12-3-1)41-44-42(31-22-20-28-18-17-26-9-4-6-13-32(26)36(28)25-31)46-43(45-41)35-15-8-16-37-39(35)34-24-23-29-21-19-27-10-5-7-14-33(27)38(29)40(34)47-37/h1-25H. The van der Waals surface area contributed by atoms with Crippen molar-refractivity contribution in [3.8, 4) is 34.2 Å². The Bertz CT molecular complexity index is 2850. The Labute approximate surface area is 274 Å². The van der Waals surface area contributed by atoms with Gasteiger partial charge in [0.25, 0.3) is 0 Å². The van der Waals surface area contributed by atoms with E-state index in [1.807, 2.05) is 29.5 Å². The van der Waals surface area contributed by atoms with E-state index in [0.717, 1.165) is 16.7 Å². The molecule has 8 aromatic carbocycles. The zero-order valence-corrected chi connectivity index (χ0v) is 26.0. The Hall–Kier alpha value is -5.97. The topological polar surface area (TPSA) is 38.7 Å². The summed E-state index contributed by atoms with van der Waals surface area (Å²) >= 11 is 1.85. The summed E-state index contributed by atoms with van der Waals surface area (Å²) in [5.74, 6) is 2.00. The lowest BCUT2D eigenvalue weighted by molar-refractivity contribution is 1.08. The van der Waals surface area contributed by atoms with E-state index in [9.17, 15) is 0 Å². The number of rotatable bonds is 3. The molecule has 4 heteroatoms. The monoisotopic (exact) mass is 615 g/mol. The number of benzene rings is 8. The van der Waals surface area contributed by atoms with Gasteiger partial charge in [0.2, 0.25) is 0 Å². The molecule has 10 aromatic rings. The van der Waals surface area contributed by atoms with Crippen LogP contribution < -0.4 is 0 Å². The second kappa shape index (κ2) is 10.3. The molecule has 0 aliphatic heterocycles. The van der Waals surface area contributed by atoms with Crippen LogP contribution in [0.5, 0.6) is 0 Å². The van der Waals surface area contributed by atoms with Crippen LogP contribution in [0.3, 0.4) is 0 Å². The van der Waals surface area contributed by atoms with Crippen LogP contribution in [0, 0.1) is 0 Å². The van der Waals surface area contributed by atoms with Gasteiger partial charge < -0.3 is 0 Å². The van der Waals surface area contributed by atoms with Crippen molar-refractivity contribution in [3.63, 3.8) is 0 Å². The third-order valence-electron chi connectivity index (χ3n) is 9.28. The molecule has 0 saturated heterocycles. The maximum Gasteiger partial charge on any atom is 0.164 e. The van der Waals surface area contributed by atoms with Gasteiger partial charge in [-0.3, -0.25) is 0 Å². The van der Waals surface area contributed by atoms with Crippen LogP contribution in [0.2, 0.25) is 0 Å². The molecule has 0 saturated carbocycles. The van der Waals surface area contributed by atoms with Gasteiger partial charge in [-0.25, -0.2) is 15.0 Å². The number of fused-ring (bicyclic) bond motifs is 10. The lowest BCUT2D eigenvalue weighted by Gasteiger charge is -2.11. The molecule has 0 unspecified atom stereocenters. The fraction of sp³-hybridized carbons (Fsp3) is 0. The van der Waals surface area contributed by atoms with E-state index in [1.165, 1.54) is 63.3 Å². The molecule has 47 heavy (non-hydrogen) atoms. The highest BCUT2D eigenvalue weighted by Gasteiger charge is 2.19. The minimum Gasteiger partial charge on any atom is -0.208 e. The van der Waals surface area contributed by atoms with Crippen molar-refractivity contribution in [1.82, 2.24) is 15.0 Å². The highest BCUT2D eigenvalue weighted by molar-refractivity contribution is 7.27. The van der Waals surface area contributed by atoms with Gasteiger partial charge in [0, 0.05) is 42.2 Å². The molecule has 2 aromatic heterocycles. The molecule has 2 heterocycles. The molecule has 0 fully saturated rings. The van der Waals surface area contributed by atoms with Crippen molar-refractivity contribution in [2.45, 2.75) is 0 Å². The fourth-order valence-electron chi connectivity index (χ4n) is 7.04. The predicted octanol–water partition coefficient (Wildman–Crippen LogP) is 11.9. The summed E-state index contributed by atoms with van der Waals surface area (Å²) in [5, 5.41) is 12.3. The van der Waals surface area contributed by atoms with E-state index in [2.05, 4.69) is 133 Å². The van der Waals surface area contributed by atoms with Gasteiger partial charge in [0.05, 0.1) is 0 Å². The van der Waals surface area contributed by atoms with Crippen molar-refractivity contribution in [1.29, 1.82) is 0 Å². The van der Waals surface area contributed by atoms with E-state index >= 15 is 0 Å². The Morgan fingerprint density at radius 2 is 0.979 bits per heavy atom. The first-order valence-corrected chi connectivity index (χ1v) is 16.6. The zero-order valence-electron chi connectivity index (χ0n) is 25.2. The van der Waals surface area contributed by atoms with Gasteiger partial charge in [0.1, 0.15) is 0 Å². The molecular formula is C43H25N3S. The summed E-state index contributed by atoms with van der Waals surface area (Å²) in [7, 11) is 0. The molecular weight excluding hydrogens is 591 g/mol. The Morgan fingerprint density at radius 3 is 1.81 bits per heavy atom. The van der Waals surface area contributed by atoms with Crippen molar-refractivity contribution in [2.75, 3.05) is 0 Å². The molecule has 0 atom stereocenters. The Balaban J connectivity index is 1.25. The molecule has 0 aliphatic rings. The number of hydrogen-bond acceptors (Lipinski definition) is 4. The minimum atomic E-state index is 0.664. The van der Waals surface area contributed by atoms with Crippen molar-refractivity contribution in [2.24, 2.45) is 0 Å². The summed E-state index contributed by atoms with van der Waals surface area (Å²) in [6.45, 7) is 0. The summed E-state index contributed by atoms with van der Waals surface area (Å²) in [4.78, 5) is 15.4. The first-order chi connectivity index (χ1) is 23.3. The molecule has 0 aliphatic carbocycles. The number of hydrogen-bond donors (Lipinski definition) is 0. The first-order valence-electron chi connectivity index (χ1n) is 15.8. The number of nitrogens with zero attached hydrogens (tertiary/aromatic N) is 3. The van der Waals surface area contributed by atoms with Gasteiger partial charge in [-0.1, -0.05) is 140 Å². The lowest BCUT2D eigenvalue weighted by atomic mass is 9.98. The van der Waals surface area contributed by atoms with Gasteiger partial charge in [-0.2, -0.15) is 0 Å². The SMILES string of the molecule is c1ccc(-c2nc(-c3ccc4ccc5ccccc5c4c3)nc(-c3cccc4sc5c(ccc6ccc7ccccc7c65)c34)n2)cc1. The normalized spacial score (nSPS) is 11.8. The Morgan fingerprint density at radius 1 is 0.362 bits per heavy atom. The molecule has 0 N–H and O–H groups in total. The highest BCUT2D eigenvalue weighted by Crippen LogP contribution is 2.44. The summed E-state index contributed by atoms with van der Waals surface area (Å²) in [6.07, 6.45) is 0. The lowest BCUT2D eigenvalue weighted by Crippen LogP contribution is -2.00. The molecule has 10 rings (SSSR count). The number of aromatic nitrogens is 3. The van der Waals surface area contributed by atoms with Gasteiger partial charge in [-0.15, -0.1) is 11.3 Å². The van der Waals surface area contributed by atoms with Crippen LogP contribution in [0.1, 0.15) is 0 Å². The average Bonchev–Trinajstić information content (AvgIpc) is 3.54. The van der Waals surface area contributed by atoms with E-state index in [-0.39, 0.29) is 0 Å². The van der Waals surface area contributed by atoms with Crippen LogP contribution in [-0.2, 0) is 0 Å². The summed E-state index contributed by atoms with van der Waals surface area (Å²) in [5.41, 5.74) is 2.94. The van der Waals surface area contributed by atoms with Crippen molar-refractivity contribution in [3.05, 3.63) is 152 Å². The molecule has 0 spiro atoms. The Kier molecular flexibility index (Phi) is 5.74. The van der Waals surface area contributed by atoms with Crippen LogP contribution in [0.4, 0.5) is 0 Å². The quantitative estimate of drug-likeness (QED) is 0.186. The van der Waals surface area contributed by atoms with Gasteiger partial charge in [0.15, 0.2) is 17.5 Å². The van der Waals surface area contributed by atoms with Crippen LogP contribution >= 0.6 is 11.3 Å². The van der Waals surface area contributed by atoms with Crippen molar-refractivity contribution >= 4 is 74.6 Å². The third kappa shape index (κ3) is 4.16. The van der Waals surface area contributed by atoms with Gasteiger partial charge >= 0.3 is 0 Å². The largest absolute Gasteiger partial charge is 0.208 e. The van der Waals surface area contributed by atoms with E-state index in [4.69, 9.17) is 15.0 Å².